The normalized spacial score (nSPS) is 10.5. The molecule has 142 valence electrons. The van der Waals surface area contributed by atoms with E-state index in [1.165, 1.54) is 6.08 Å². The van der Waals surface area contributed by atoms with Gasteiger partial charge in [-0.1, -0.05) is 6.07 Å². The molecule has 2 rings (SSSR count). The number of ether oxygens (including phenoxy) is 3. The van der Waals surface area contributed by atoms with E-state index < -0.39 is 11.9 Å². The van der Waals surface area contributed by atoms with Gasteiger partial charge in [0.2, 0.25) is 0 Å². The molecule has 0 spiro atoms. The molecule has 0 aromatic heterocycles. The Balaban J connectivity index is 1.90. The molecule has 0 radical (unpaired) electrons. The minimum atomic E-state index is -0.618. The summed E-state index contributed by atoms with van der Waals surface area (Å²) in [5, 5.41) is 2.71. The van der Waals surface area contributed by atoms with E-state index in [9.17, 15) is 9.59 Å². The fourth-order valence-electron chi connectivity index (χ4n) is 2.52. The van der Waals surface area contributed by atoms with Gasteiger partial charge >= 0.3 is 5.97 Å². The van der Waals surface area contributed by atoms with Crippen molar-refractivity contribution in [2.45, 2.75) is 13.8 Å². The molecule has 6 heteroatoms. The quantitative estimate of drug-likeness (QED) is 0.597. The zero-order valence-electron chi connectivity index (χ0n) is 15.9. The summed E-state index contributed by atoms with van der Waals surface area (Å²) < 4.78 is 15.3. The van der Waals surface area contributed by atoms with Gasteiger partial charge in [0.1, 0.15) is 11.5 Å². The average Bonchev–Trinajstić information content (AvgIpc) is 2.63. The first-order valence-corrected chi connectivity index (χ1v) is 8.35. The van der Waals surface area contributed by atoms with Crippen LogP contribution in [0.2, 0.25) is 0 Å². The molecule has 0 bridgehead atoms. The Morgan fingerprint density at radius 1 is 0.926 bits per heavy atom. The van der Waals surface area contributed by atoms with Gasteiger partial charge in [0.15, 0.2) is 6.61 Å². The van der Waals surface area contributed by atoms with Crippen LogP contribution < -0.4 is 14.8 Å². The molecular formula is C21H23NO5. The Kier molecular flexibility index (Phi) is 7.00. The lowest BCUT2D eigenvalue weighted by Crippen LogP contribution is -2.20. The van der Waals surface area contributed by atoms with Crippen LogP contribution in [-0.4, -0.2) is 32.7 Å². The molecule has 0 aliphatic rings. The monoisotopic (exact) mass is 369 g/mol. The van der Waals surface area contributed by atoms with Crippen LogP contribution in [-0.2, 0) is 14.3 Å². The molecule has 1 N–H and O–H groups in total. The average molecular weight is 369 g/mol. The van der Waals surface area contributed by atoms with Crippen LogP contribution in [0.3, 0.4) is 0 Å². The highest BCUT2D eigenvalue weighted by molar-refractivity contribution is 5.94. The van der Waals surface area contributed by atoms with Gasteiger partial charge in [0.05, 0.1) is 14.2 Å². The Morgan fingerprint density at radius 2 is 1.52 bits per heavy atom. The van der Waals surface area contributed by atoms with Gasteiger partial charge in [-0.25, -0.2) is 4.79 Å². The molecule has 0 aliphatic carbocycles. The second kappa shape index (κ2) is 9.43. The van der Waals surface area contributed by atoms with Crippen LogP contribution in [0.4, 0.5) is 5.69 Å². The maximum atomic E-state index is 11.9. The molecule has 0 fully saturated rings. The van der Waals surface area contributed by atoms with E-state index in [4.69, 9.17) is 14.2 Å². The van der Waals surface area contributed by atoms with Crippen molar-refractivity contribution in [3.05, 3.63) is 59.2 Å². The van der Waals surface area contributed by atoms with Crippen molar-refractivity contribution in [1.82, 2.24) is 0 Å². The third kappa shape index (κ3) is 6.51. The van der Waals surface area contributed by atoms with E-state index in [2.05, 4.69) is 5.32 Å². The number of carbonyl (C=O) groups excluding carboxylic acids is 2. The Morgan fingerprint density at radius 3 is 2.07 bits per heavy atom. The molecule has 2 aromatic rings. The molecular weight excluding hydrogens is 346 g/mol. The third-order valence-corrected chi connectivity index (χ3v) is 3.64. The molecule has 27 heavy (non-hydrogen) atoms. The minimum absolute atomic E-state index is 0.363. The largest absolute Gasteiger partial charge is 0.497 e. The van der Waals surface area contributed by atoms with Gasteiger partial charge in [0.25, 0.3) is 5.91 Å². The first-order valence-electron chi connectivity index (χ1n) is 8.35. The van der Waals surface area contributed by atoms with E-state index in [1.807, 2.05) is 32.0 Å². The first-order chi connectivity index (χ1) is 12.9. The van der Waals surface area contributed by atoms with Crippen LogP contribution in [0.5, 0.6) is 11.5 Å². The van der Waals surface area contributed by atoms with Gasteiger partial charge in [-0.15, -0.1) is 0 Å². The predicted molar refractivity (Wildman–Crippen MR) is 104 cm³/mol. The number of aryl methyl sites for hydroxylation is 2. The number of methoxy groups -OCH3 is 2. The number of hydrogen-bond donors (Lipinski definition) is 1. The summed E-state index contributed by atoms with van der Waals surface area (Å²) in [6.45, 7) is 3.53. The van der Waals surface area contributed by atoms with Crippen LogP contribution >= 0.6 is 0 Å². The molecule has 1 amide bonds. The van der Waals surface area contributed by atoms with Crippen molar-refractivity contribution in [3.8, 4) is 11.5 Å². The smallest absolute Gasteiger partial charge is 0.331 e. The van der Waals surface area contributed by atoms with Crippen LogP contribution in [0.25, 0.3) is 6.08 Å². The number of rotatable bonds is 7. The number of nitrogens with one attached hydrogen (secondary N) is 1. The van der Waals surface area contributed by atoms with Gasteiger partial charge < -0.3 is 19.5 Å². The van der Waals surface area contributed by atoms with E-state index in [0.717, 1.165) is 11.1 Å². The van der Waals surface area contributed by atoms with Crippen molar-refractivity contribution in [2.75, 3.05) is 26.1 Å². The molecule has 6 nitrogen and oxygen atoms in total. The number of anilines is 1. The van der Waals surface area contributed by atoms with E-state index in [1.54, 1.807) is 38.5 Å². The van der Waals surface area contributed by atoms with E-state index in [0.29, 0.717) is 22.7 Å². The summed E-state index contributed by atoms with van der Waals surface area (Å²) in [6, 6.07) is 10.9. The lowest BCUT2D eigenvalue weighted by molar-refractivity contribution is -0.142. The molecule has 0 unspecified atom stereocenters. The third-order valence-electron chi connectivity index (χ3n) is 3.64. The zero-order chi connectivity index (χ0) is 19.8. The predicted octanol–water partition coefficient (Wildman–Crippen LogP) is 3.52. The summed E-state index contributed by atoms with van der Waals surface area (Å²) in [5.74, 6) is 0.197. The molecule has 2 aromatic carbocycles. The highest BCUT2D eigenvalue weighted by Gasteiger charge is 2.07. The van der Waals surface area contributed by atoms with Crippen LogP contribution in [0.15, 0.2) is 42.5 Å². The van der Waals surface area contributed by atoms with Crippen molar-refractivity contribution < 1.29 is 23.8 Å². The summed E-state index contributed by atoms with van der Waals surface area (Å²) in [6.07, 6.45) is 2.81. The van der Waals surface area contributed by atoms with Crippen LogP contribution in [0, 0.1) is 13.8 Å². The Bertz CT molecular complexity index is 815. The summed E-state index contributed by atoms with van der Waals surface area (Å²) in [5.41, 5.74) is 3.47. The SMILES string of the molecule is COc1cc(/C=C/C(=O)OCC(=O)Nc2cc(C)cc(C)c2)cc(OC)c1. The van der Waals surface area contributed by atoms with E-state index in [-0.39, 0.29) is 6.61 Å². The summed E-state index contributed by atoms with van der Waals surface area (Å²) >= 11 is 0. The fourth-order valence-corrected chi connectivity index (χ4v) is 2.52. The fraction of sp³-hybridized carbons (Fsp3) is 0.238. The summed E-state index contributed by atoms with van der Waals surface area (Å²) in [4.78, 5) is 23.8. The van der Waals surface area contributed by atoms with Crippen molar-refractivity contribution in [1.29, 1.82) is 0 Å². The zero-order valence-corrected chi connectivity index (χ0v) is 15.9. The van der Waals surface area contributed by atoms with Gasteiger partial charge in [0, 0.05) is 17.8 Å². The lowest BCUT2D eigenvalue weighted by atomic mass is 10.1. The van der Waals surface area contributed by atoms with Gasteiger partial charge in [-0.2, -0.15) is 0 Å². The lowest BCUT2D eigenvalue weighted by Gasteiger charge is -2.08. The number of carbonyl (C=O) groups is 2. The first kappa shape index (κ1) is 20.0. The molecule has 0 aliphatic heterocycles. The molecule has 0 atom stereocenters. The van der Waals surface area contributed by atoms with Crippen molar-refractivity contribution >= 4 is 23.6 Å². The standard InChI is InChI=1S/C21H23NO5/c1-14-7-15(2)9-17(8-14)22-20(23)13-27-21(24)6-5-16-10-18(25-3)12-19(11-16)26-4/h5-12H,13H2,1-4H3,(H,22,23)/b6-5+. The van der Waals surface area contributed by atoms with E-state index >= 15 is 0 Å². The second-order valence-electron chi connectivity index (χ2n) is 6.01. The molecule has 0 heterocycles. The van der Waals surface area contributed by atoms with Crippen molar-refractivity contribution in [3.63, 3.8) is 0 Å². The number of hydrogen-bond acceptors (Lipinski definition) is 5. The topological polar surface area (TPSA) is 73.9 Å². The minimum Gasteiger partial charge on any atom is -0.497 e. The van der Waals surface area contributed by atoms with Gasteiger partial charge in [-0.3, -0.25) is 4.79 Å². The number of amides is 1. The molecule has 0 saturated heterocycles. The number of benzene rings is 2. The maximum absolute atomic E-state index is 11.9. The van der Waals surface area contributed by atoms with Crippen molar-refractivity contribution in [2.24, 2.45) is 0 Å². The highest BCUT2D eigenvalue weighted by Crippen LogP contribution is 2.23. The molecule has 0 saturated carbocycles. The van der Waals surface area contributed by atoms with Gasteiger partial charge in [-0.05, 0) is 60.9 Å². The summed E-state index contributed by atoms with van der Waals surface area (Å²) in [7, 11) is 3.09. The second-order valence-corrected chi connectivity index (χ2v) is 6.01. The van der Waals surface area contributed by atoms with Crippen LogP contribution in [0.1, 0.15) is 16.7 Å². The Labute approximate surface area is 158 Å². The highest BCUT2D eigenvalue weighted by atomic mass is 16.5. The maximum Gasteiger partial charge on any atom is 0.331 e. The number of esters is 1. The Hall–Kier alpha value is -3.28.